The number of piperidine rings is 1. The number of benzene rings is 1. The monoisotopic (exact) mass is 371 g/mol. The van der Waals surface area contributed by atoms with Gasteiger partial charge in [0, 0.05) is 29.9 Å². The lowest BCUT2D eigenvalue weighted by Gasteiger charge is -2.35. The molecule has 1 aromatic carbocycles. The molecule has 1 fully saturated rings. The van der Waals surface area contributed by atoms with E-state index in [4.69, 9.17) is 0 Å². The van der Waals surface area contributed by atoms with Gasteiger partial charge in [-0.15, -0.1) is 0 Å². The Bertz CT molecular complexity index is 861. The molecule has 6 heteroatoms. The first-order chi connectivity index (χ1) is 13.0. The molecule has 0 saturated carbocycles. The van der Waals surface area contributed by atoms with Crippen LogP contribution in [-0.2, 0) is 17.8 Å². The number of aromatic nitrogens is 2. The largest absolute Gasteiger partial charge is 0.338 e. The van der Waals surface area contributed by atoms with Crippen LogP contribution in [0.5, 0.6) is 0 Å². The van der Waals surface area contributed by atoms with Crippen LogP contribution in [0.15, 0.2) is 35.1 Å². The quantitative estimate of drug-likeness (QED) is 0.809. The highest BCUT2D eigenvalue weighted by molar-refractivity contribution is 5.77. The predicted molar refractivity (Wildman–Crippen MR) is 103 cm³/mol. The van der Waals surface area contributed by atoms with Crippen molar-refractivity contribution in [2.75, 3.05) is 6.54 Å². The fraction of sp³-hybridized carbons (Fsp3) is 0.476. The zero-order valence-electron chi connectivity index (χ0n) is 15.9. The molecule has 1 amide bonds. The van der Waals surface area contributed by atoms with Crippen molar-refractivity contribution in [1.29, 1.82) is 0 Å². The van der Waals surface area contributed by atoms with Crippen molar-refractivity contribution in [3.05, 3.63) is 52.2 Å². The highest BCUT2D eigenvalue weighted by Crippen LogP contribution is 2.21. The van der Waals surface area contributed by atoms with Crippen LogP contribution in [0.1, 0.15) is 45.2 Å². The van der Waals surface area contributed by atoms with E-state index < -0.39 is 0 Å². The van der Waals surface area contributed by atoms with Crippen molar-refractivity contribution in [3.8, 4) is 11.4 Å². The molecular weight excluding hydrogens is 345 g/mol. The minimum atomic E-state index is -0.352. The smallest absolute Gasteiger partial charge is 0.254 e. The molecule has 27 heavy (non-hydrogen) atoms. The number of hydrogen-bond acceptors (Lipinski definition) is 3. The number of halogens is 1. The number of nitrogens with zero attached hydrogens (tertiary/aromatic N) is 3. The van der Waals surface area contributed by atoms with Gasteiger partial charge in [-0.05, 0) is 56.4 Å². The molecule has 0 spiro atoms. The van der Waals surface area contributed by atoms with E-state index >= 15 is 0 Å². The minimum absolute atomic E-state index is 0.0426. The minimum Gasteiger partial charge on any atom is -0.338 e. The van der Waals surface area contributed by atoms with E-state index in [2.05, 4.69) is 11.9 Å². The number of hydrogen-bond donors (Lipinski definition) is 0. The van der Waals surface area contributed by atoms with Gasteiger partial charge < -0.3 is 4.90 Å². The molecule has 5 nitrogen and oxygen atoms in total. The average Bonchev–Trinajstić information content (AvgIpc) is 2.69. The van der Waals surface area contributed by atoms with Crippen molar-refractivity contribution >= 4 is 5.91 Å². The molecule has 0 aliphatic carbocycles. The lowest BCUT2D eigenvalue weighted by atomic mass is 10.00. The molecule has 0 radical (unpaired) electrons. The summed E-state index contributed by atoms with van der Waals surface area (Å²) in [7, 11) is 0. The molecule has 1 saturated heterocycles. The Kier molecular flexibility index (Phi) is 6.04. The maximum Gasteiger partial charge on any atom is 0.254 e. The predicted octanol–water partition coefficient (Wildman–Crippen LogP) is 3.40. The van der Waals surface area contributed by atoms with E-state index in [1.807, 2.05) is 11.8 Å². The first-order valence-corrected chi connectivity index (χ1v) is 9.69. The third kappa shape index (κ3) is 4.26. The Morgan fingerprint density at radius 2 is 1.96 bits per heavy atom. The SMILES string of the molecule is CCc1cc(=O)n(CC(=O)N2CCCC[C@H]2CC)c(-c2ccc(F)cc2)n1. The van der Waals surface area contributed by atoms with Gasteiger partial charge in [0.15, 0.2) is 0 Å². The number of rotatable bonds is 5. The van der Waals surface area contributed by atoms with Crippen molar-refractivity contribution in [1.82, 2.24) is 14.5 Å². The van der Waals surface area contributed by atoms with Crippen LogP contribution in [-0.4, -0.2) is 32.9 Å². The molecule has 3 rings (SSSR count). The lowest BCUT2D eigenvalue weighted by Crippen LogP contribution is -2.46. The zero-order valence-corrected chi connectivity index (χ0v) is 15.9. The lowest BCUT2D eigenvalue weighted by molar-refractivity contribution is -0.135. The molecule has 144 valence electrons. The highest BCUT2D eigenvalue weighted by Gasteiger charge is 2.26. The molecule has 0 unspecified atom stereocenters. The first-order valence-electron chi connectivity index (χ1n) is 9.69. The number of carbonyl (C=O) groups is 1. The second kappa shape index (κ2) is 8.46. The molecule has 0 N–H and O–H groups in total. The number of carbonyl (C=O) groups excluding carboxylic acids is 1. The summed E-state index contributed by atoms with van der Waals surface area (Å²) in [5, 5.41) is 0. The Hall–Kier alpha value is -2.50. The van der Waals surface area contributed by atoms with Crippen LogP contribution in [0.3, 0.4) is 0 Å². The van der Waals surface area contributed by atoms with E-state index in [0.717, 1.165) is 32.2 Å². The summed E-state index contributed by atoms with van der Waals surface area (Å²) in [5.41, 5.74) is 1.04. The van der Waals surface area contributed by atoms with Gasteiger partial charge in [0.05, 0.1) is 0 Å². The number of likely N-dealkylation sites (tertiary alicyclic amines) is 1. The van der Waals surface area contributed by atoms with Gasteiger partial charge in [0.2, 0.25) is 5.91 Å². The van der Waals surface area contributed by atoms with Crippen LogP contribution >= 0.6 is 0 Å². The fourth-order valence-corrected chi connectivity index (χ4v) is 3.69. The Labute approximate surface area is 158 Å². The van der Waals surface area contributed by atoms with E-state index in [9.17, 15) is 14.0 Å². The summed E-state index contributed by atoms with van der Waals surface area (Å²) >= 11 is 0. The molecule has 1 aliphatic heterocycles. The molecule has 2 aromatic rings. The van der Waals surface area contributed by atoms with Crippen LogP contribution in [0.4, 0.5) is 4.39 Å². The first kappa shape index (κ1) is 19.3. The van der Waals surface area contributed by atoms with Gasteiger partial charge >= 0.3 is 0 Å². The second-order valence-electron chi connectivity index (χ2n) is 7.00. The van der Waals surface area contributed by atoms with Crippen LogP contribution < -0.4 is 5.56 Å². The third-order valence-electron chi connectivity index (χ3n) is 5.24. The van der Waals surface area contributed by atoms with Crippen molar-refractivity contribution in [3.63, 3.8) is 0 Å². The second-order valence-corrected chi connectivity index (χ2v) is 7.00. The van der Waals surface area contributed by atoms with Crippen LogP contribution in [0.2, 0.25) is 0 Å². The summed E-state index contributed by atoms with van der Waals surface area (Å²) in [6.07, 6.45) is 4.67. The normalized spacial score (nSPS) is 17.1. The standard InChI is InChI=1S/C21H26FN3O2/c1-3-17-13-19(26)25(21(23-17)15-8-10-16(22)11-9-15)14-20(27)24-12-6-5-7-18(24)4-2/h8-11,13,18H,3-7,12,14H2,1-2H3/t18-/m1/s1. The van der Waals surface area contributed by atoms with Crippen LogP contribution in [0, 0.1) is 5.82 Å². The van der Waals surface area contributed by atoms with Gasteiger partial charge in [-0.1, -0.05) is 13.8 Å². The Morgan fingerprint density at radius 1 is 1.22 bits per heavy atom. The topological polar surface area (TPSA) is 55.2 Å². The Balaban J connectivity index is 1.97. The maximum atomic E-state index is 13.3. The number of amides is 1. The summed E-state index contributed by atoms with van der Waals surface area (Å²) in [6.45, 7) is 4.70. The van der Waals surface area contributed by atoms with E-state index in [-0.39, 0.29) is 29.9 Å². The summed E-state index contributed by atoms with van der Waals surface area (Å²) < 4.78 is 14.7. The highest BCUT2D eigenvalue weighted by atomic mass is 19.1. The fourth-order valence-electron chi connectivity index (χ4n) is 3.69. The van der Waals surface area contributed by atoms with Gasteiger partial charge in [0.25, 0.3) is 5.56 Å². The van der Waals surface area contributed by atoms with Gasteiger partial charge in [0.1, 0.15) is 18.2 Å². The van der Waals surface area contributed by atoms with E-state index in [1.165, 1.54) is 22.8 Å². The van der Waals surface area contributed by atoms with E-state index in [0.29, 0.717) is 23.5 Å². The summed E-state index contributed by atoms with van der Waals surface area (Å²) in [6, 6.07) is 7.57. The number of aryl methyl sites for hydroxylation is 1. The van der Waals surface area contributed by atoms with Crippen molar-refractivity contribution < 1.29 is 9.18 Å². The molecule has 1 atom stereocenters. The molecule has 1 aromatic heterocycles. The van der Waals surface area contributed by atoms with Crippen molar-refractivity contribution in [2.24, 2.45) is 0 Å². The van der Waals surface area contributed by atoms with Gasteiger partial charge in [-0.25, -0.2) is 9.37 Å². The summed E-state index contributed by atoms with van der Waals surface area (Å²) in [5.74, 6) is 0.00490. The zero-order chi connectivity index (χ0) is 19.4. The summed E-state index contributed by atoms with van der Waals surface area (Å²) in [4.78, 5) is 32.1. The van der Waals surface area contributed by atoms with Gasteiger partial charge in [-0.3, -0.25) is 14.2 Å². The van der Waals surface area contributed by atoms with Gasteiger partial charge in [-0.2, -0.15) is 0 Å². The van der Waals surface area contributed by atoms with Crippen molar-refractivity contribution in [2.45, 2.75) is 58.5 Å². The molecule has 1 aliphatic rings. The maximum absolute atomic E-state index is 13.3. The average molecular weight is 371 g/mol. The molecule has 2 heterocycles. The van der Waals surface area contributed by atoms with Crippen LogP contribution in [0.25, 0.3) is 11.4 Å². The molecule has 0 bridgehead atoms. The van der Waals surface area contributed by atoms with E-state index in [1.54, 1.807) is 12.1 Å². The third-order valence-corrected chi connectivity index (χ3v) is 5.24. The molecular formula is C21H26FN3O2. The Morgan fingerprint density at radius 3 is 2.63 bits per heavy atom.